The summed E-state index contributed by atoms with van der Waals surface area (Å²) in [5.41, 5.74) is 1.51. The summed E-state index contributed by atoms with van der Waals surface area (Å²) in [4.78, 5) is 27.7. The predicted octanol–water partition coefficient (Wildman–Crippen LogP) is 4.37. The average molecular weight is 545 g/mol. The van der Waals surface area contributed by atoms with Gasteiger partial charge in [-0.2, -0.15) is 13.2 Å². The molecule has 0 bridgehead atoms. The van der Waals surface area contributed by atoms with Crippen LogP contribution in [-0.2, 0) is 22.1 Å². The molecule has 3 saturated heterocycles. The van der Waals surface area contributed by atoms with E-state index in [9.17, 15) is 18.0 Å². The molecule has 1 saturated carbocycles. The molecule has 1 aromatic heterocycles. The molecular weight excluding hydrogens is 509 g/mol. The van der Waals surface area contributed by atoms with Crippen LogP contribution in [0.5, 0.6) is 0 Å². The number of hydrogen-bond donors (Lipinski definition) is 0. The van der Waals surface area contributed by atoms with Crippen molar-refractivity contribution in [3.8, 4) is 0 Å². The van der Waals surface area contributed by atoms with E-state index >= 15 is 0 Å². The highest BCUT2D eigenvalue weighted by molar-refractivity contribution is 5.94. The Kier molecular flexibility index (Phi) is 7.37. The van der Waals surface area contributed by atoms with Crippen LogP contribution in [0.25, 0.3) is 0 Å². The molecule has 0 spiro atoms. The Labute approximate surface area is 226 Å². The third-order valence-electron chi connectivity index (χ3n) is 8.63. The smallest absolute Gasteiger partial charge is 0.379 e. The van der Waals surface area contributed by atoms with E-state index in [4.69, 9.17) is 19.4 Å². The number of fused-ring (bicyclic) bond motifs is 1. The highest BCUT2D eigenvalue weighted by Gasteiger charge is 2.40. The molecule has 2 atom stereocenters. The maximum absolute atomic E-state index is 13.8. The molecule has 0 N–H and O–H groups in total. The van der Waals surface area contributed by atoms with Crippen molar-refractivity contribution >= 4 is 5.91 Å². The summed E-state index contributed by atoms with van der Waals surface area (Å²) in [6, 6.07) is 6.12. The summed E-state index contributed by atoms with van der Waals surface area (Å²) in [7, 11) is 0. The van der Waals surface area contributed by atoms with E-state index in [0.717, 1.165) is 51.3 Å². The third kappa shape index (κ3) is 5.69. The molecule has 10 heteroatoms. The number of carbonyl (C=O) groups is 1. The van der Waals surface area contributed by atoms with Crippen LogP contribution in [0.2, 0.25) is 0 Å². The van der Waals surface area contributed by atoms with E-state index in [1.807, 2.05) is 11.8 Å². The second-order valence-corrected chi connectivity index (χ2v) is 11.3. The zero-order valence-electron chi connectivity index (χ0n) is 22.3. The van der Waals surface area contributed by atoms with E-state index in [2.05, 4.69) is 4.90 Å². The van der Waals surface area contributed by atoms with Gasteiger partial charge in [0.2, 0.25) is 0 Å². The lowest BCUT2D eigenvalue weighted by Crippen LogP contribution is -2.60. The molecule has 7 nitrogen and oxygen atoms in total. The van der Waals surface area contributed by atoms with Gasteiger partial charge in [-0.05, 0) is 50.7 Å². The van der Waals surface area contributed by atoms with Crippen molar-refractivity contribution in [2.45, 2.75) is 75.7 Å². The quantitative estimate of drug-likeness (QED) is 0.557. The van der Waals surface area contributed by atoms with E-state index in [-0.39, 0.29) is 24.3 Å². The minimum absolute atomic E-state index is 0.105. The van der Waals surface area contributed by atoms with E-state index in [0.29, 0.717) is 66.7 Å². The minimum atomic E-state index is -4.41. The maximum atomic E-state index is 13.8. The molecule has 6 rings (SSSR count). The van der Waals surface area contributed by atoms with Crippen molar-refractivity contribution in [3.63, 3.8) is 0 Å². The first-order valence-corrected chi connectivity index (χ1v) is 14.1. The van der Waals surface area contributed by atoms with Gasteiger partial charge >= 0.3 is 6.18 Å². The topological polar surface area (TPSA) is 67.8 Å². The molecule has 1 aromatic carbocycles. The molecule has 2 aromatic rings. The number of halogens is 3. The maximum Gasteiger partial charge on any atom is 0.416 e. The Morgan fingerprint density at radius 2 is 1.85 bits per heavy atom. The third-order valence-corrected chi connectivity index (χ3v) is 8.63. The fourth-order valence-electron chi connectivity index (χ4n) is 6.26. The Morgan fingerprint density at radius 3 is 2.59 bits per heavy atom. The number of nitrogens with zero attached hydrogens (tertiary/aromatic N) is 4. The summed E-state index contributed by atoms with van der Waals surface area (Å²) < 4.78 is 51.4. The van der Waals surface area contributed by atoms with Gasteiger partial charge in [-0.15, -0.1) is 0 Å². The van der Waals surface area contributed by atoms with E-state index < -0.39 is 11.7 Å². The lowest BCUT2D eigenvalue weighted by molar-refractivity contribution is -0.148. The van der Waals surface area contributed by atoms with Crippen molar-refractivity contribution in [3.05, 3.63) is 58.2 Å². The van der Waals surface area contributed by atoms with Crippen LogP contribution in [0.1, 0.15) is 76.7 Å². The highest BCUT2D eigenvalue weighted by atomic mass is 19.4. The fourth-order valence-corrected chi connectivity index (χ4v) is 6.26. The second-order valence-electron chi connectivity index (χ2n) is 11.3. The number of likely N-dealkylation sites (tertiary alicyclic amines) is 1. The van der Waals surface area contributed by atoms with Crippen LogP contribution in [0, 0.1) is 6.92 Å². The first-order valence-electron chi connectivity index (χ1n) is 14.1. The van der Waals surface area contributed by atoms with Gasteiger partial charge in [0.15, 0.2) is 0 Å². The lowest BCUT2D eigenvalue weighted by atomic mass is 9.95. The molecule has 3 aliphatic heterocycles. The molecule has 210 valence electrons. The van der Waals surface area contributed by atoms with Crippen LogP contribution in [-0.4, -0.2) is 83.3 Å². The predicted molar refractivity (Wildman–Crippen MR) is 138 cm³/mol. The highest BCUT2D eigenvalue weighted by Crippen LogP contribution is 2.39. The number of amides is 1. The van der Waals surface area contributed by atoms with Gasteiger partial charge in [-0.25, -0.2) is 9.97 Å². The van der Waals surface area contributed by atoms with Crippen molar-refractivity contribution in [2.24, 2.45) is 0 Å². The second kappa shape index (κ2) is 10.8. The van der Waals surface area contributed by atoms with Crippen LogP contribution in [0.3, 0.4) is 0 Å². The number of piperidine rings is 1. The zero-order chi connectivity index (χ0) is 27.1. The van der Waals surface area contributed by atoms with Gasteiger partial charge in [-0.3, -0.25) is 9.69 Å². The number of ether oxygens (including phenoxy) is 2. The molecule has 39 heavy (non-hydrogen) atoms. The Hall–Kier alpha value is -2.56. The fraction of sp³-hybridized carbons (Fsp3) is 0.621. The molecule has 1 aliphatic carbocycles. The lowest BCUT2D eigenvalue weighted by Gasteiger charge is -2.49. The van der Waals surface area contributed by atoms with Gasteiger partial charge < -0.3 is 14.4 Å². The van der Waals surface area contributed by atoms with Gasteiger partial charge in [0.05, 0.1) is 30.6 Å². The summed E-state index contributed by atoms with van der Waals surface area (Å²) in [6.45, 7) is 6.16. The van der Waals surface area contributed by atoms with Crippen LogP contribution in [0.4, 0.5) is 13.2 Å². The number of hydrogen-bond acceptors (Lipinski definition) is 6. The summed E-state index contributed by atoms with van der Waals surface area (Å²) in [5.74, 6) is 0.753. The SMILES string of the molecule is Cc1c(Cc2cccc(C(F)(F)F)c2)nc(C2CC2)nc1C(=O)N1CCC(N2CCO[C@H]3COCC[C@H]32)CC1. The van der Waals surface area contributed by atoms with Crippen molar-refractivity contribution in [1.29, 1.82) is 0 Å². The molecule has 0 radical (unpaired) electrons. The summed E-state index contributed by atoms with van der Waals surface area (Å²) in [6.07, 6.45) is 0.656. The standard InChI is InChI=1S/C29H35F3N4O3/c1-18-23(16-19-3-2-4-21(15-19)29(30,31)32)33-27(20-5-6-20)34-26(18)28(37)35-10-7-22(8-11-35)36-12-14-39-25-17-38-13-9-24(25)36/h2-4,15,20,22,24-25H,5-14,16-17H2,1H3/t24-,25+/m1/s1. The van der Waals surface area contributed by atoms with Gasteiger partial charge in [-0.1, -0.05) is 18.2 Å². The van der Waals surface area contributed by atoms with E-state index in [1.54, 1.807) is 6.07 Å². The normalized spacial score (nSPS) is 25.0. The van der Waals surface area contributed by atoms with Crippen LogP contribution in [0.15, 0.2) is 24.3 Å². The molecule has 0 unspecified atom stereocenters. The van der Waals surface area contributed by atoms with Crippen molar-refractivity contribution in [2.75, 3.05) is 39.5 Å². The number of aromatic nitrogens is 2. The Morgan fingerprint density at radius 1 is 1.05 bits per heavy atom. The summed E-state index contributed by atoms with van der Waals surface area (Å²) in [5, 5.41) is 0. The van der Waals surface area contributed by atoms with Gasteiger partial charge in [0, 0.05) is 56.2 Å². The monoisotopic (exact) mass is 544 g/mol. The van der Waals surface area contributed by atoms with E-state index in [1.165, 1.54) is 12.1 Å². The molecular formula is C29H35F3N4O3. The molecule has 4 fully saturated rings. The Bertz CT molecular complexity index is 1210. The minimum Gasteiger partial charge on any atom is -0.379 e. The number of benzene rings is 1. The van der Waals surface area contributed by atoms with Crippen molar-refractivity contribution in [1.82, 2.24) is 19.8 Å². The molecule has 1 amide bonds. The first-order chi connectivity index (χ1) is 18.8. The number of rotatable bonds is 5. The number of morpholine rings is 1. The zero-order valence-corrected chi connectivity index (χ0v) is 22.3. The largest absolute Gasteiger partial charge is 0.416 e. The van der Waals surface area contributed by atoms with Crippen molar-refractivity contribution < 1.29 is 27.4 Å². The van der Waals surface area contributed by atoms with Gasteiger partial charge in [0.25, 0.3) is 5.91 Å². The number of alkyl halides is 3. The summed E-state index contributed by atoms with van der Waals surface area (Å²) >= 11 is 0. The van der Waals surface area contributed by atoms with Crippen LogP contribution >= 0.6 is 0 Å². The number of carbonyl (C=O) groups excluding carboxylic acids is 1. The molecule has 4 aliphatic rings. The van der Waals surface area contributed by atoms with Gasteiger partial charge in [0.1, 0.15) is 11.5 Å². The molecule has 4 heterocycles. The Balaban J connectivity index is 1.18. The van der Waals surface area contributed by atoms with Crippen LogP contribution < -0.4 is 0 Å². The average Bonchev–Trinajstić information content (AvgIpc) is 3.79. The first kappa shape index (κ1) is 26.7.